The summed E-state index contributed by atoms with van der Waals surface area (Å²) in [7, 11) is 4.11. The maximum atomic E-state index is 5.84. The first-order valence-electron chi connectivity index (χ1n) is 8.23. The van der Waals surface area contributed by atoms with E-state index >= 15 is 0 Å². The zero-order valence-corrected chi connectivity index (χ0v) is 13.8. The van der Waals surface area contributed by atoms with Gasteiger partial charge in [0.25, 0.3) is 0 Å². The summed E-state index contributed by atoms with van der Waals surface area (Å²) < 4.78 is 13.8. The van der Waals surface area contributed by atoms with Crippen molar-refractivity contribution in [3.8, 4) is 0 Å². The molecule has 0 unspecified atom stereocenters. The molecule has 1 saturated heterocycles. The van der Waals surface area contributed by atoms with Gasteiger partial charge >= 0.3 is 0 Å². The number of anilines is 1. The quantitative estimate of drug-likeness (QED) is 0.871. The van der Waals surface area contributed by atoms with Crippen LogP contribution in [0.1, 0.15) is 23.2 Å². The van der Waals surface area contributed by atoms with Crippen molar-refractivity contribution in [2.75, 3.05) is 32.2 Å². The van der Waals surface area contributed by atoms with Crippen molar-refractivity contribution in [1.29, 1.82) is 0 Å². The van der Waals surface area contributed by atoms with Crippen molar-refractivity contribution in [2.45, 2.75) is 31.6 Å². The lowest BCUT2D eigenvalue weighted by Gasteiger charge is -2.31. The molecule has 122 valence electrons. The van der Waals surface area contributed by atoms with Crippen LogP contribution in [0.5, 0.6) is 0 Å². The summed E-state index contributed by atoms with van der Waals surface area (Å²) in [5.41, 5.74) is 5.08. The van der Waals surface area contributed by atoms with E-state index < -0.39 is 0 Å². The summed E-state index contributed by atoms with van der Waals surface area (Å²) in [6.07, 6.45) is 4.69. The summed E-state index contributed by atoms with van der Waals surface area (Å²) in [4.78, 5) is 2.11. The normalized spacial score (nSPS) is 19.0. The second-order valence-corrected chi connectivity index (χ2v) is 6.62. The van der Waals surface area contributed by atoms with E-state index in [2.05, 4.69) is 53.0 Å². The van der Waals surface area contributed by atoms with Gasteiger partial charge in [-0.1, -0.05) is 12.1 Å². The number of hydrogen-bond donors (Lipinski definition) is 0. The highest BCUT2D eigenvalue weighted by molar-refractivity contribution is 5.46. The van der Waals surface area contributed by atoms with Crippen molar-refractivity contribution in [2.24, 2.45) is 0 Å². The maximum Gasteiger partial charge on any atom is 0.172 e. The minimum Gasteiger partial charge on any atom is -0.378 e. The van der Waals surface area contributed by atoms with Gasteiger partial charge in [-0.25, -0.2) is 0 Å². The van der Waals surface area contributed by atoms with Gasteiger partial charge in [-0.2, -0.15) is 5.10 Å². The molecule has 0 saturated carbocycles. The molecular weight excluding hydrogens is 290 g/mol. The lowest BCUT2D eigenvalue weighted by molar-refractivity contribution is -0.164. The van der Waals surface area contributed by atoms with Crippen LogP contribution in [0, 0.1) is 0 Å². The summed E-state index contributed by atoms with van der Waals surface area (Å²) in [6.45, 7) is 2.24. The van der Waals surface area contributed by atoms with E-state index in [4.69, 9.17) is 9.47 Å². The Balaban J connectivity index is 1.52. The Kier molecular flexibility index (Phi) is 3.62. The van der Waals surface area contributed by atoms with E-state index in [9.17, 15) is 0 Å². The highest BCUT2D eigenvalue weighted by atomic mass is 16.7. The Hall–Kier alpha value is -1.85. The molecule has 0 bridgehead atoms. The number of fused-ring (bicyclic) bond motifs is 1. The predicted molar refractivity (Wildman–Crippen MR) is 88.8 cm³/mol. The number of aromatic nitrogens is 2. The van der Waals surface area contributed by atoms with Gasteiger partial charge in [-0.15, -0.1) is 0 Å². The van der Waals surface area contributed by atoms with E-state index in [-0.39, 0.29) is 5.79 Å². The van der Waals surface area contributed by atoms with E-state index in [0.717, 1.165) is 25.8 Å². The maximum absolute atomic E-state index is 5.84. The van der Waals surface area contributed by atoms with Gasteiger partial charge in [0.15, 0.2) is 5.79 Å². The Morgan fingerprint density at radius 1 is 1.17 bits per heavy atom. The lowest BCUT2D eigenvalue weighted by atomic mass is 9.92. The molecule has 0 atom stereocenters. The van der Waals surface area contributed by atoms with Crippen molar-refractivity contribution in [1.82, 2.24) is 9.78 Å². The van der Waals surface area contributed by atoms with Crippen molar-refractivity contribution >= 4 is 5.69 Å². The third-order valence-electron chi connectivity index (χ3n) is 4.84. The molecule has 5 nitrogen and oxygen atoms in total. The summed E-state index contributed by atoms with van der Waals surface area (Å²) >= 11 is 0. The molecule has 1 spiro atoms. The fraction of sp³-hybridized carbons (Fsp3) is 0.500. The zero-order valence-electron chi connectivity index (χ0n) is 13.8. The summed E-state index contributed by atoms with van der Waals surface area (Å²) in [5.74, 6) is -0.381. The van der Waals surface area contributed by atoms with Crippen LogP contribution in [-0.4, -0.2) is 42.9 Å². The van der Waals surface area contributed by atoms with Crippen LogP contribution in [0.15, 0.2) is 30.5 Å². The molecule has 0 radical (unpaired) electrons. The second-order valence-electron chi connectivity index (χ2n) is 6.62. The average molecular weight is 313 g/mol. The topological polar surface area (TPSA) is 39.5 Å². The molecule has 23 heavy (non-hydrogen) atoms. The number of nitrogens with zero attached hydrogens (tertiary/aromatic N) is 3. The molecule has 1 aliphatic heterocycles. The molecule has 1 aromatic carbocycles. The molecule has 1 fully saturated rings. The number of benzene rings is 1. The molecule has 4 rings (SSSR count). The van der Waals surface area contributed by atoms with Crippen LogP contribution in [0.3, 0.4) is 0 Å². The van der Waals surface area contributed by atoms with Gasteiger partial charge in [0.1, 0.15) is 0 Å². The third kappa shape index (κ3) is 2.75. The van der Waals surface area contributed by atoms with Gasteiger partial charge in [0.05, 0.1) is 26.0 Å². The van der Waals surface area contributed by atoms with Crippen LogP contribution in [0.4, 0.5) is 5.69 Å². The van der Waals surface area contributed by atoms with E-state index in [1.807, 2.05) is 6.20 Å². The monoisotopic (exact) mass is 313 g/mol. The minimum absolute atomic E-state index is 0.381. The molecule has 2 heterocycles. The van der Waals surface area contributed by atoms with Crippen molar-refractivity contribution in [3.63, 3.8) is 0 Å². The molecule has 0 N–H and O–H groups in total. The standard InChI is InChI=1S/C18H23N3O2/c1-20(2)16-5-3-14(4-6-16)13-21-17-7-8-18(22-9-10-23-18)11-15(17)12-19-21/h3-6,12H,7-11,13H2,1-2H3. The van der Waals surface area contributed by atoms with E-state index in [0.29, 0.717) is 13.2 Å². The van der Waals surface area contributed by atoms with Crippen molar-refractivity contribution < 1.29 is 9.47 Å². The first-order valence-corrected chi connectivity index (χ1v) is 8.23. The Labute approximate surface area is 136 Å². The highest BCUT2D eigenvalue weighted by Crippen LogP contribution is 2.35. The van der Waals surface area contributed by atoms with Crippen LogP contribution >= 0.6 is 0 Å². The highest BCUT2D eigenvalue weighted by Gasteiger charge is 2.41. The van der Waals surface area contributed by atoms with Crippen LogP contribution in [0.25, 0.3) is 0 Å². The number of ether oxygens (including phenoxy) is 2. The SMILES string of the molecule is CN(C)c1ccc(Cn2ncc3c2CCC2(C3)OCCO2)cc1. The fourth-order valence-corrected chi connectivity index (χ4v) is 3.53. The first-order chi connectivity index (χ1) is 11.2. The van der Waals surface area contributed by atoms with Crippen LogP contribution in [-0.2, 0) is 28.9 Å². The van der Waals surface area contributed by atoms with E-state index in [1.54, 1.807) is 0 Å². The lowest BCUT2D eigenvalue weighted by Crippen LogP contribution is -2.37. The molecule has 1 aromatic heterocycles. The Morgan fingerprint density at radius 3 is 2.61 bits per heavy atom. The van der Waals surface area contributed by atoms with Gasteiger partial charge in [0, 0.05) is 38.3 Å². The van der Waals surface area contributed by atoms with Crippen molar-refractivity contribution in [3.05, 3.63) is 47.3 Å². The number of rotatable bonds is 3. The average Bonchev–Trinajstić information content (AvgIpc) is 3.16. The van der Waals surface area contributed by atoms with Gasteiger partial charge in [-0.3, -0.25) is 4.68 Å². The van der Waals surface area contributed by atoms with Gasteiger partial charge < -0.3 is 14.4 Å². The zero-order chi connectivity index (χ0) is 15.9. The second kappa shape index (κ2) is 5.65. The molecule has 2 aromatic rings. The summed E-state index contributed by atoms with van der Waals surface area (Å²) in [6, 6.07) is 8.66. The largest absolute Gasteiger partial charge is 0.378 e. The third-order valence-corrected chi connectivity index (χ3v) is 4.84. The molecule has 5 heteroatoms. The summed E-state index contributed by atoms with van der Waals surface area (Å²) in [5, 5.41) is 4.60. The first kappa shape index (κ1) is 14.7. The van der Waals surface area contributed by atoms with Gasteiger partial charge in [0.2, 0.25) is 0 Å². The molecule has 0 amide bonds. The smallest absolute Gasteiger partial charge is 0.172 e. The Morgan fingerprint density at radius 2 is 1.91 bits per heavy atom. The predicted octanol–water partition coefficient (Wildman–Crippen LogP) is 2.23. The van der Waals surface area contributed by atoms with Crippen LogP contribution < -0.4 is 4.90 Å². The minimum atomic E-state index is -0.381. The van der Waals surface area contributed by atoms with Gasteiger partial charge in [-0.05, 0) is 29.7 Å². The fourth-order valence-electron chi connectivity index (χ4n) is 3.53. The Bertz CT molecular complexity index is 685. The number of hydrogen-bond acceptors (Lipinski definition) is 4. The van der Waals surface area contributed by atoms with Crippen LogP contribution in [0.2, 0.25) is 0 Å². The molecular formula is C18H23N3O2. The molecule has 1 aliphatic carbocycles. The van der Waals surface area contributed by atoms with E-state index in [1.165, 1.54) is 22.5 Å². The molecule has 2 aliphatic rings.